The Morgan fingerprint density at radius 2 is 1.66 bits per heavy atom. The molecule has 62 heavy (non-hydrogen) atoms. The standard InChI is InChI=1S/C46H60N4O12/c1-23-13-12-15-45(8)22-59-41(28(45)6)26(4)36(52)25(3)40(61-29(7)51)24(2)31(58-11)14-20-60-46(9)43(56)34-32-33(37(53)27(5)42(34)62-46)39(55)35(48-44(23)57)30(38(32)54)21-47-50-18-16-49(10)17-19-50/h12-15,20-21,24-26,28,31,36,40-41,52-53H,16-19,22H2,1-11H3,(H,48,57)/b15-12+,20-14+,23-13-,47-21+/t24-,25-,26+,28-,31+,36+,40-,41-,45?,46+/m1/s1. The number of fused-ring (bicyclic) bond motifs is 11. The molecule has 10 atom stereocenters. The summed E-state index contributed by atoms with van der Waals surface area (Å²) < 4.78 is 30.1. The third-order valence-electron chi connectivity index (χ3n) is 13.4. The topological polar surface area (TPSA) is 203 Å². The first-order chi connectivity index (χ1) is 29.1. The fraction of sp³-hybridized carbons (Fsp3) is 0.565. The van der Waals surface area contributed by atoms with E-state index < -0.39 is 99.1 Å². The molecule has 0 saturated carbocycles. The van der Waals surface area contributed by atoms with Gasteiger partial charge < -0.3 is 44.1 Å². The Bertz CT molecular complexity index is 2170. The van der Waals surface area contributed by atoms with E-state index in [1.807, 2.05) is 33.9 Å². The molecule has 1 amide bonds. The zero-order valence-corrected chi connectivity index (χ0v) is 37.4. The maximum atomic E-state index is 14.7. The zero-order valence-electron chi connectivity index (χ0n) is 37.4. The molecule has 2 saturated heterocycles. The molecule has 5 aliphatic heterocycles. The number of aromatic hydroxyl groups is 1. The van der Waals surface area contributed by atoms with Crippen molar-refractivity contribution < 1.29 is 57.9 Å². The van der Waals surface area contributed by atoms with E-state index >= 15 is 0 Å². The van der Waals surface area contributed by atoms with Gasteiger partial charge in [0.1, 0.15) is 23.3 Å². The number of allylic oxidation sites excluding steroid dienone is 4. The molecular weight excluding hydrogens is 801 g/mol. The molecule has 2 fully saturated rings. The third-order valence-corrected chi connectivity index (χ3v) is 13.4. The number of hydrogen-bond acceptors (Lipinski definition) is 15. The third kappa shape index (κ3) is 8.49. The first-order valence-electron chi connectivity index (χ1n) is 21.1. The Morgan fingerprint density at radius 3 is 2.31 bits per heavy atom. The van der Waals surface area contributed by atoms with Crippen molar-refractivity contribution in [1.29, 1.82) is 0 Å². The second-order valence-electron chi connectivity index (χ2n) is 17.8. The minimum absolute atomic E-state index is 0.00248. The molecule has 1 aromatic rings. The SMILES string of the molecule is CO[C@H]1/C=C/O[C@@]2(C)Oc3c(C)c(O)c4c(c3C2=O)C(=O)C(/C=N/N2CCN(C)CC2)=C(NC(=O)/C(C)=C\C=C\C2(C)CO[C@H]([C@@H](C)[C@@H](O)[C@@H](C)[C@H](OC(C)=O)[C@@H]1C)[C@H]2C)C4=O. The summed E-state index contributed by atoms with van der Waals surface area (Å²) in [6.45, 7) is 18.0. The fourth-order valence-corrected chi connectivity index (χ4v) is 9.06. The Labute approximate surface area is 362 Å². The van der Waals surface area contributed by atoms with Crippen molar-refractivity contribution in [3.63, 3.8) is 0 Å². The fourth-order valence-electron chi connectivity index (χ4n) is 9.06. The lowest BCUT2D eigenvalue weighted by molar-refractivity contribution is -0.160. The van der Waals surface area contributed by atoms with E-state index in [1.165, 1.54) is 46.4 Å². The summed E-state index contributed by atoms with van der Waals surface area (Å²) in [6.07, 6.45) is 6.22. The number of amides is 1. The molecule has 1 aliphatic carbocycles. The monoisotopic (exact) mass is 860 g/mol. The van der Waals surface area contributed by atoms with E-state index in [9.17, 15) is 34.2 Å². The van der Waals surface area contributed by atoms with Gasteiger partial charge in [0, 0.05) is 81.4 Å². The number of ether oxygens (including phenoxy) is 5. The lowest BCUT2D eigenvalue weighted by Gasteiger charge is -2.38. The van der Waals surface area contributed by atoms with Gasteiger partial charge in [-0.05, 0) is 32.9 Å². The highest BCUT2D eigenvalue weighted by molar-refractivity contribution is 6.37. The van der Waals surface area contributed by atoms with Crippen LogP contribution in [0.3, 0.4) is 0 Å². The summed E-state index contributed by atoms with van der Waals surface area (Å²) >= 11 is 0. The molecule has 0 spiro atoms. The highest BCUT2D eigenvalue weighted by Crippen LogP contribution is 2.49. The summed E-state index contributed by atoms with van der Waals surface area (Å²) in [5.41, 5.74) is -2.12. The molecule has 1 unspecified atom stereocenters. The lowest BCUT2D eigenvalue weighted by atomic mass is 9.72. The van der Waals surface area contributed by atoms with Gasteiger partial charge in [-0.15, -0.1) is 0 Å². The number of rotatable bonds is 4. The number of benzene rings is 1. The summed E-state index contributed by atoms with van der Waals surface area (Å²) in [6, 6.07) is 0. The Kier molecular flexibility index (Phi) is 13.4. The van der Waals surface area contributed by atoms with Crippen molar-refractivity contribution in [1.82, 2.24) is 15.2 Å². The first-order valence-corrected chi connectivity index (χ1v) is 21.1. The molecule has 16 nitrogen and oxygen atoms in total. The number of nitrogens with zero attached hydrogens (tertiary/aromatic N) is 3. The molecule has 7 bridgehead atoms. The number of piperazine rings is 1. The number of Topliss-reactive ketones (excluding diaryl/α,β-unsaturated/α-hetero) is 3. The van der Waals surface area contributed by atoms with E-state index in [1.54, 1.807) is 37.9 Å². The quantitative estimate of drug-likeness (QED) is 0.286. The van der Waals surface area contributed by atoms with E-state index in [2.05, 4.69) is 15.3 Å². The number of aliphatic hydroxyl groups is 1. The average molecular weight is 861 g/mol. The first kappa shape index (κ1) is 46.3. The van der Waals surface area contributed by atoms with Gasteiger partial charge in [0.25, 0.3) is 11.7 Å². The number of likely N-dealkylation sites (N-methyl/N-ethyl adjacent to an activating group) is 1. The van der Waals surface area contributed by atoms with E-state index in [0.29, 0.717) is 32.8 Å². The molecule has 6 aliphatic rings. The number of methoxy groups -OCH3 is 1. The lowest BCUT2D eigenvalue weighted by Crippen LogP contribution is -2.46. The molecule has 0 aromatic heterocycles. The van der Waals surface area contributed by atoms with Crippen LogP contribution in [-0.2, 0) is 28.5 Å². The number of hydrogen-bond donors (Lipinski definition) is 3. The molecule has 0 radical (unpaired) electrons. The number of phenolic OH excluding ortho intramolecular Hbond substituents is 1. The highest BCUT2D eigenvalue weighted by atomic mass is 16.7. The van der Waals surface area contributed by atoms with Crippen molar-refractivity contribution in [3.05, 3.63) is 69.7 Å². The summed E-state index contributed by atoms with van der Waals surface area (Å²) in [5.74, 6) is -8.24. The van der Waals surface area contributed by atoms with Crippen LogP contribution in [0.2, 0.25) is 0 Å². The van der Waals surface area contributed by atoms with Crippen LogP contribution in [0.5, 0.6) is 11.5 Å². The predicted octanol–water partition coefficient (Wildman–Crippen LogP) is 4.28. The minimum atomic E-state index is -2.08. The van der Waals surface area contributed by atoms with Crippen LogP contribution in [0, 0.1) is 36.0 Å². The van der Waals surface area contributed by atoms with Gasteiger partial charge in [-0.3, -0.25) is 29.0 Å². The van der Waals surface area contributed by atoms with E-state index in [-0.39, 0.29) is 40.0 Å². The van der Waals surface area contributed by atoms with Crippen LogP contribution < -0.4 is 10.1 Å². The Morgan fingerprint density at radius 1 is 0.984 bits per heavy atom. The van der Waals surface area contributed by atoms with Gasteiger partial charge in [-0.25, -0.2) is 0 Å². The van der Waals surface area contributed by atoms with Crippen molar-refractivity contribution >= 4 is 35.4 Å². The summed E-state index contributed by atoms with van der Waals surface area (Å²) in [7, 11) is 3.44. The number of esters is 1. The largest absolute Gasteiger partial charge is 0.507 e. The number of hydrazone groups is 1. The number of aliphatic hydroxyl groups excluding tert-OH is 1. The normalized spacial score (nSPS) is 35.5. The van der Waals surface area contributed by atoms with Gasteiger partial charge in [0.05, 0.1) is 59.7 Å². The maximum absolute atomic E-state index is 14.7. The summed E-state index contributed by atoms with van der Waals surface area (Å²) in [4.78, 5) is 72.2. The van der Waals surface area contributed by atoms with Crippen LogP contribution in [-0.4, -0.2) is 133 Å². The second-order valence-corrected chi connectivity index (χ2v) is 17.8. The van der Waals surface area contributed by atoms with Crippen molar-refractivity contribution in [2.75, 3.05) is 46.9 Å². The van der Waals surface area contributed by atoms with Crippen LogP contribution in [0.15, 0.2) is 52.5 Å². The highest BCUT2D eigenvalue weighted by Gasteiger charge is 2.53. The van der Waals surface area contributed by atoms with E-state index in [4.69, 9.17) is 23.7 Å². The number of ketones is 3. The van der Waals surface area contributed by atoms with Gasteiger partial charge in [0.2, 0.25) is 5.78 Å². The smallest absolute Gasteiger partial charge is 0.312 e. The van der Waals surface area contributed by atoms with E-state index in [0.717, 1.165) is 0 Å². The van der Waals surface area contributed by atoms with Crippen molar-refractivity contribution in [2.24, 2.45) is 34.2 Å². The van der Waals surface area contributed by atoms with Crippen LogP contribution in [0.1, 0.15) is 92.0 Å². The van der Waals surface area contributed by atoms with Gasteiger partial charge in [-0.1, -0.05) is 52.8 Å². The number of carbonyl (C=O) groups excluding carboxylic acids is 5. The van der Waals surface area contributed by atoms with Crippen LogP contribution in [0.4, 0.5) is 0 Å². The number of carbonyl (C=O) groups is 5. The molecule has 336 valence electrons. The molecule has 3 N–H and O–H groups in total. The number of nitrogens with one attached hydrogen (secondary N) is 1. The average Bonchev–Trinajstić information content (AvgIpc) is 3.67. The predicted molar refractivity (Wildman–Crippen MR) is 228 cm³/mol. The maximum Gasteiger partial charge on any atom is 0.312 e. The van der Waals surface area contributed by atoms with Gasteiger partial charge >= 0.3 is 11.8 Å². The molecule has 7 rings (SSSR count). The van der Waals surface area contributed by atoms with Crippen molar-refractivity contribution in [3.8, 4) is 11.5 Å². The second kappa shape index (κ2) is 17.9. The molecule has 16 heteroatoms. The zero-order chi connectivity index (χ0) is 45.6. The molecule has 5 heterocycles. The van der Waals surface area contributed by atoms with Crippen molar-refractivity contribution in [2.45, 2.75) is 92.5 Å². The Balaban J connectivity index is 1.48. The Hall–Kier alpha value is -5.16. The van der Waals surface area contributed by atoms with Crippen LogP contribution >= 0.6 is 0 Å². The van der Waals surface area contributed by atoms with Gasteiger partial charge in [0.15, 0.2) is 5.78 Å². The minimum Gasteiger partial charge on any atom is -0.507 e. The van der Waals surface area contributed by atoms with Gasteiger partial charge in [-0.2, -0.15) is 5.10 Å². The molecular formula is C46H60N4O12. The number of phenols is 1. The molecule has 1 aromatic carbocycles. The summed E-state index contributed by atoms with van der Waals surface area (Å²) in [5, 5.41) is 32.3. The van der Waals surface area contributed by atoms with Crippen LogP contribution in [0.25, 0.3) is 0 Å².